The van der Waals surface area contributed by atoms with E-state index in [4.69, 9.17) is 10.5 Å². The van der Waals surface area contributed by atoms with Crippen molar-refractivity contribution < 1.29 is 4.74 Å². The SMILES string of the molecule is CCC1COCCN1C1(CN)CSCC(C)(C)C1. The molecule has 0 radical (unpaired) electrons. The second-order valence-corrected chi connectivity index (χ2v) is 7.58. The van der Waals surface area contributed by atoms with Crippen molar-refractivity contribution in [2.45, 2.75) is 45.2 Å². The Morgan fingerprint density at radius 2 is 2.17 bits per heavy atom. The lowest BCUT2D eigenvalue weighted by atomic mass is 9.78. The molecule has 0 aliphatic carbocycles. The average molecular weight is 272 g/mol. The average Bonchev–Trinajstić information content (AvgIpc) is 2.37. The molecular weight excluding hydrogens is 244 g/mol. The molecular formula is C14H28N2OS. The van der Waals surface area contributed by atoms with Crippen molar-refractivity contribution in [2.75, 3.05) is 37.8 Å². The van der Waals surface area contributed by atoms with Crippen LogP contribution in [0, 0.1) is 5.41 Å². The fourth-order valence-electron chi connectivity index (χ4n) is 3.56. The van der Waals surface area contributed by atoms with Crippen LogP contribution in [-0.4, -0.2) is 54.3 Å². The third kappa shape index (κ3) is 2.87. The van der Waals surface area contributed by atoms with Gasteiger partial charge in [0, 0.05) is 30.4 Å². The van der Waals surface area contributed by atoms with Gasteiger partial charge in [-0.2, -0.15) is 11.8 Å². The molecule has 4 heteroatoms. The molecule has 2 rings (SSSR count). The number of nitrogens with two attached hydrogens (primary N) is 1. The second-order valence-electron chi connectivity index (χ2n) is 6.59. The van der Waals surface area contributed by atoms with E-state index in [1.165, 1.54) is 17.9 Å². The van der Waals surface area contributed by atoms with Gasteiger partial charge in [0.15, 0.2) is 0 Å². The Morgan fingerprint density at radius 1 is 1.39 bits per heavy atom. The summed E-state index contributed by atoms with van der Waals surface area (Å²) in [6, 6.07) is 0.553. The summed E-state index contributed by atoms with van der Waals surface area (Å²) in [5, 5.41) is 0. The van der Waals surface area contributed by atoms with E-state index in [0.29, 0.717) is 11.5 Å². The first-order valence-electron chi connectivity index (χ1n) is 7.15. The number of rotatable bonds is 3. The minimum absolute atomic E-state index is 0.191. The van der Waals surface area contributed by atoms with Crippen LogP contribution >= 0.6 is 11.8 Å². The van der Waals surface area contributed by atoms with E-state index in [0.717, 1.165) is 32.7 Å². The van der Waals surface area contributed by atoms with Gasteiger partial charge in [0.25, 0.3) is 0 Å². The molecule has 18 heavy (non-hydrogen) atoms. The number of ether oxygens (including phenoxy) is 1. The van der Waals surface area contributed by atoms with Crippen LogP contribution in [0.4, 0.5) is 0 Å². The summed E-state index contributed by atoms with van der Waals surface area (Å²) in [6.07, 6.45) is 2.38. The Hall–Kier alpha value is 0.230. The predicted octanol–water partition coefficient (Wildman–Crippen LogP) is 1.96. The van der Waals surface area contributed by atoms with E-state index in [1.807, 2.05) is 0 Å². The highest BCUT2D eigenvalue weighted by Gasteiger charge is 2.46. The van der Waals surface area contributed by atoms with Gasteiger partial charge in [-0.3, -0.25) is 4.90 Å². The fraction of sp³-hybridized carbons (Fsp3) is 1.00. The predicted molar refractivity (Wildman–Crippen MR) is 79.1 cm³/mol. The molecule has 0 spiro atoms. The maximum Gasteiger partial charge on any atom is 0.0622 e. The highest BCUT2D eigenvalue weighted by atomic mass is 32.2. The molecule has 2 heterocycles. The lowest BCUT2D eigenvalue weighted by Gasteiger charge is -2.54. The molecule has 2 saturated heterocycles. The number of hydrogen-bond donors (Lipinski definition) is 1. The molecule has 2 unspecified atom stereocenters. The van der Waals surface area contributed by atoms with Crippen LogP contribution in [0.1, 0.15) is 33.6 Å². The fourth-order valence-corrected chi connectivity index (χ4v) is 5.08. The zero-order chi connectivity index (χ0) is 13.2. The van der Waals surface area contributed by atoms with Crippen LogP contribution in [0.15, 0.2) is 0 Å². The molecule has 106 valence electrons. The van der Waals surface area contributed by atoms with Gasteiger partial charge in [0.05, 0.1) is 13.2 Å². The van der Waals surface area contributed by atoms with E-state index < -0.39 is 0 Å². The van der Waals surface area contributed by atoms with E-state index in [1.54, 1.807) is 0 Å². The van der Waals surface area contributed by atoms with E-state index in [9.17, 15) is 0 Å². The summed E-state index contributed by atoms with van der Waals surface area (Å²) in [7, 11) is 0. The molecule has 2 N–H and O–H groups in total. The highest BCUT2D eigenvalue weighted by Crippen LogP contribution is 2.43. The molecule has 2 fully saturated rings. The maximum absolute atomic E-state index is 6.21. The van der Waals surface area contributed by atoms with Gasteiger partial charge in [-0.15, -0.1) is 0 Å². The molecule has 0 aromatic rings. The third-order valence-corrected chi connectivity index (χ3v) is 6.09. The molecule has 0 aromatic heterocycles. The van der Waals surface area contributed by atoms with Crippen LogP contribution in [0.2, 0.25) is 0 Å². The Labute approximate surface area is 116 Å². The van der Waals surface area contributed by atoms with E-state index >= 15 is 0 Å². The molecule has 0 amide bonds. The Balaban J connectivity index is 2.19. The minimum Gasteiger partial charge on any atom is -0.378 e. The van der Waals surface area contributed by atoms with Crippen molar-refractivity contribution in [1.82, 2.24) is 4.90 Å². The summed E-state index contributed by atoms with van der Waals surface area (Å²) in [5.41, 5.74) is 6.80. The highest BCUT2D eigenvalue weighted by molar-refractivity contribution is 7.99. The third-order valence-electron chi connectivity index (χ3n) is 4.36. The molecule has 2 aliphatic rings. The van der Waals surface area contributed by atoms with E-state index in [2.05, 4.69) is 37.4 Å². The number of nitrogens with zero attached hydrogens (tertiary/aromatic N) is 1. The first kappa shape index (κ1) is 14.6. The quantitative estimate of drug-likeness (QED) is 0.852. The topological polar surface area (TPSA) is 38.5 Å². The van der Waals surface area contributed by atoms with Crippen molar-refractivity contribution in [2.24, 2.45) is 11.1 Å². The molecule has 0 bridgehead atoms. The van der Waals surface area contributed by atoms with Crippen molar-refractivity contribution >= 4 is 11.8 Å². The molecule has 0 saturated carbocycles. The molecule has 0 aromatic carbocycles. The van der Waals surface area contributed by atoms with Gasteiger partial charge in [-0.05, 0) is 24.0 Å². The monoisotopic (exact) mass is 272 g/mol. The van der Waals surface area contributed by atoms with Crippen molar-refractivity contribution in [3.05, 3.63) is 0 Å². The second kappa shape index (κ2) is 5.70. The van der Waals surface area contributed by atoms with Gasteiger partial charge in [0.1, 0.15) is 0 Å². The van der Waals surface area contributed by atoms with Crippen LogP contribution < -0.4 is 5.73 Å². The Morgan fingerprint density at radius 3 is 2.78 bits per heavy atom. The largest absolute Gasteiger partial charge is 0.378 e. The zero-order valence-electron chi connectivity index (χ0n) is 12.1. The van der Waals surface area contributed by atoms with Crippen LogP contribution in [0.5, 0.6) is 0 Å². The number of thioether (sulfide) groups is 1. The molecule has 2 aliphatic heterocycles. The van der Waals surface area contributed by atoms with Crippen LogP contribution in [-0.2, 0) is 4.74 Å². The Kier molecular flexibility index (Phi) is 4.63. The number of morpholine rings is 1. The summed E-state index contributed by atoms with van der Waals surface area (Å²) >= 11 is 2.08. The van der Waals surface area contributed by atoms with Crippen molar-refractivity contribution in [1.29, 1.82) is 0 Å². The Bertz CT molecular complexity index is 285. The minimum atomic E-state index is 0.191. The van der Waals surface area contributed by atoms with Crippen LogP contribution in [0.3, 0.4) is 0 Å². The number of hydrogen-bond acceptors (Lipinski definition) is 4. The van der Waals surface area contributed by atoms with E-state index in [-0.39, 0.29) is 5.54 Å². The molecule has 3 nitrogen and oxygen atoms in total. The van der Waals surface area contributed by atoms with Crippen LogP contribution in [0.25, 0.3) is 0 Å². The lowest BCUT2D eigenvalue weighted by molar-refractivity contribution is -0.0685. The smallest absolute Gasteiger partial charge is 0.0622 e. The maximum atomic E-state index is 6.21. The summed E-state index contributed by atoms with van der Waals surface area (Å²) in [6.45, 7) is 10.6. The summed E-state index contributed by atoms with van der Waals surface area (Å²) < 4.78 is 5.65. The normalized spacial score (nSPS) is 37.7. The first-order valence-corrected chi connectivity index (χ1v) is 8.31. The lowest BCUT2D eigenvalue weighted by Crippen LogP contribution is -2.65. The standard InChI is InChI=1S/C14H28N2OS/c1-4-12-7-17-6-5-16(12)14(9-15)8-13(2,3)10-18-11-14/h12H,4-11,15H2,1-3H3. The van der Waals surface area contributed by atoms with Gasteiger partial charge >= 0.3 is 0 Å². The van der Waals surface area contributed by atoms with Gasteiger partial charge in [-0.25, -0.2) is 0 Å². The molecule has 2 atom stereocenters. The summed E-state index contributed by atoms with van der Waals surface area (Å²) in [4.78, 5) is 2.67. The zero-order valence-corrected chi connectivity index (χ0v) is 12.9. The summed E-state index contributed by atoms with van der Waals surface area (Å²) in [5.74, 6) is 2.44. The van der Waals surface area contributed by atoms with Crippen molar-refractivity contribution in [3.63, 3.8) is 0 Å². The van der Waals surface area contributed by atoms with Crippen molar-refractivity contribution in [3.8, 4) is 0 Å². The van der Waals surface area contributed by atoms with Gasteiger partial charge in [0.2, 0.25) is 0 Å². The van der Waals surface area contributed by atoms with Gasteiger partial charge < -0.3 is 10.5 Å². The first-order chi connectivity index (χ1) is 8.53. The van der Waals surface area contributed by atoms with Gasteiger partial charge in [-0.1, -0.05) is 20.8 Å².